The highest BCUT2D eigenvalue weighted by Gasteiger charge is 2.25. The Hall–Kier alpha value is -1.95. The molecule has 0 fully saturated rings. The summed E-state index contributed by atoms with van der Waals surface area (Å²) < 4.78 is 0. The molecule has 1 aromatic rings. The Kier molecular flexibility index (Phi) is 5.64. The van der Waals surface area contributed by atoms with Crippen molar-refractivity contribution in [2.45, 2.75) is 39.3 Å². The molecule has 6 heteroatoms. The van der Waals surface area contributed by atoms with Gasteiger partial charge in [0.1, 0.15) is 6.04 Å². The molecule has 0 saturated heterocycles. The van der Waals surface area contributed by atoms with Crippen LogP contribution in [0.25, 0.3) is 0 Å². The van der Waals surface area contributed by atoms with E-state index >= 15 is 0 Å². The summed E-state index contributed by atoms with van der Waals surface area (Å²) in [6.45, 7) is 5.56. The molecule has 0 radical (unpaired) electrons. The molecule has 0 amide bonds. The standard InChI is InChI=1S/C14H20N2O4/c1-4-12(15-13(9(2)3)14(17)18)10-6-5-7-11(8-10)16(19)20/h5-9,12-13,15H,4H2,1-3H3,(H,17,18). The van der Waals surface area contributed by atoms with Gasteiger partial charge < -0.3 is 5.11 Å². The fourth-order valence-corrected chi connectivity index (χ4v) is 2.07. The number of benzene rings is 1. The summed E-state index contributed by atoms with van der Waals surface area (Å²) in [5, 5.41) is 23.1. The molecule has 0 aliphatic heterocycles. The third-order valence-electron chi connectivity index (χ3n) is 3.21. The zero-order chi connectivity index (χ0) is 15.3. The van der Waals surface area contributed by atoms with E-state index in [0.717, 1.165) is 5.56 Å². The van der Waals surface area contributed by atoms with Gasteiger partial charge in [-0.15, -0.1) is 0 Å². The molecule has 20 heavy (non-hydrogen) atoms. The van der Waals surface area contributed by atoms with Crippen molar-refractivity contribution in [2.75, 3.05) is 0 Å². The fraction of sp³-hybridized carbons (Fsp3) is 0.500. The van der Waals surface area contributed by atoms with Crippen LogP contribution >= 0.6 is 0 Å². The number of hydrogen-bond donors (Lipinski definition) is 2. The highest BCUT2D eigenvalue weighted by Crippen LogP contribution is 2.23. The molecule has 110 valence electrons. The monoisotopic (exact) mass is 280 g/mol. The maximum absolute atomic E-state index is 11.2. The molecule has 2 unspecified atom stereocenters. The highest BCUT2D eigenvalue weighted by atomic mass is 16.6. The van der Waals surface area contributed by atoms with Gasteiger partial charge in [0.05, 0.1) is 4.92 Å². The molecular formula is C14H20N2O4. The first kappa shape index (κ1) is 16.1. The Morgan fingerprint density at radius 3 is 2.55 bits per heavy atom. The first-order valence-corrected chi connectivity index (χ1v) is 6.60. The normalized spacial score (nSPS) is 14.0. The van der Waals surface area contributed by atoms with Crippen LogP contribution in [0, 0.1) is 16.0 Å². The summed E-state index contributed by atoms with van der Waals surface area (Å²) >= 11 is 0. The molecule has 0 spiro atoms. The summed E-state index contributed by atoms with van der Waals surface area (Å²) in [5.74, 6) is -0.982. The summed E-state index contributed by atoms with van der Waals surface area (Å²) in [6, 6.07) is 5.39. The van der Waals surface area contributed by atoms with E-state index in [1.54, 1.807) is 12.1 Å². The SMILES string of the molecule is CCC(NC(C(=O)O)C(C)C)c1cccc([N+](=O)[O-])c1. The van der Waals surface area contributed by atoms with E-state index in [1.165, 1.54) is 12.1 Å². The molecule has 0 aliphatic carbocycles. The number of carboxylic acids is 1. The average molecular weight is 280 g/mol. The first-order valence-electron chi connectivity index (χ1n) is 6.60. The van der Waals surface area contributed by atoms with Crippen LogP contribution in [0.3, 0.4) is 0 Å². The molecule has 0 bridgehead atoms. The lowest BCUT2D eigenvalue weighted by Crippen LogP contribution is -2.42. The van der Waals surface area contributed by atoms with E-state index < -0.39 is 16.9 Å². The predicted octanol–water partition coefficient (Wildman–Crippen LogP) is 2.74. The maximum atomic E-state index is 11.2. The third kappa shape index (κ3) is 4.03. The molecule has 2 N–H and O–H groups in total. The minimum absolute atomic E-state index is 0.0131. The van der Waals surface area contributed by atoms with Crippen LogP contribution in [0.5, 0.6) is 0 Å². The predicted molar refractivity (Wildman–Crippen MR) is 75.5 cm³/mol. The second-order valence-electron chi connectivity index (χ2n) is 5.04. The molecule has 6 nitrogen and oxygen atoms in total. The summed E-state index contributed by atoms with van der Waals surface area (Å²) in [4.78, 5) is 21.6. The van der Waals surface area contributed by atoms with Gasteiger partial charge in [0.2, 0.25) is 0 Å². The highest BCUT2D eigenvalue weighted by molar-refractivity contribution is 5.73. The summed E-state index contributed by atoms with van der Waals surface area (Å²) in [6.07, 6.45) is 0.650. The topological polar surface area (TPSA) is 92.5 Å². The zero-order valence-corrected chi connectivity index (χ0v) is 11.9. The van der Waals surface area contributed by atoms with Gasteiger partial charge in [0.25, 0.3) is 5.69 Å². The van der Waals surface area contributed by atoms with Crippen LogP contribution in [0.1, 0.15) is 38.8 Å². The first-order chi connectivity index (χ1) is 9.36. The van der Waals surface area contributed by atoms with Crippen LogP contribution in [0.2, 0.25) is 0 Å². The molecule has 2 atom stereocenters. The van der Waals surface area contributed by atoms with Gasteiger partial charge in [-0.25, -0.2) is 0 Å². The van der Waals surface area contributed by atoms with Gasteiger partial charge in [0.15, 0.2) is 0 Å². The van der Waals surface area contributed by atoms with Crippen LogP contribution in [-0.4, -0.2) is 22.0 Å². The van der Waals surface area contributed by atoms with Crippen molar-refractivity contribution in [3.63, 3.8) is 0 Å². The van der Waals surface area contributed by atoms with Crippen molar-refractivity contribution in [3.8, 4) is 0 Å². The number of non-ortho nitro benzene ring substituents is 1. The van der Waals surface area contributed by atoms with E-state index in [4.69, 9.17) is 0 Å². The van der Waals surface area contributed by atoms with Crippen LogP contribution < -0.4 is 5.32 Å². The van der Waals surface area contributed by atoms with Crippen molar-refractivity contribution >= 4 is 11.7 Å². The van der Waals surface area contributed by atoms with Gasteiger partial charge in [0, 0.05) is 18.2 Å². The zero-order valence-electron chi connectivity index (χ0n) is 11.9. The Morgan fingerprint density at radius 2 is 2.10 bits per heavy atom. The lowest BCUT2D eigenvalue weighted by Gasteiger charge is -2.25. The van der Waals surface area contributed by atoms with E-state index in [-0.39, 0.29) is 17.6 Å². The fourth-order valence-electron chi connectivity index (χ4n) is 2.07. The van der Waals surface area contributed by atoms with Gasteiger partial charge in [-0.3, -0.25) is 20.2 Å². The van der Waals surface area contributed by atoms with Crippen LogP contribution in [-0.2, 0) is 4.79 Å². The van der Waals surface area contributed by atoms with Crippen molar-refractivity contribution in [1.29, 1.82) is 0 Å². The quantitative estimate of drug-likeness (QED) is 0.591. The van der Waals surface area contributed by atoms with E-state index in [1.807, 2.05) is 20.8 Å². The Balaban J connectivity index is 2.98. The van der Waals surface area contributed by atoms with Gasteiger partial charge in [-0.05, 0) is 17.9 Å². The van der Waals surface area contributed by atoms with Gasteiger partial charge in [-0.2, -0.15) is 0 Å². The Morgan fingerprint density at radius 1 is 1.45 bits per heavy atom. The Labute approximate surface area is 118 Å². The average Bonchev–Trinajstić information content (AvgIpc) is 2.39. The van der Waals surface area contributed by atoms with Gasteiger partial charge in [-0.1, -0.05) is 32.9 Å². The summed E-state index contributed by atoms with van der Waals surface area (Å²) in [5.41, 5.74) is 0.743. The number of nitro groups is 1. The molecule has 1 aromatic carbocycles. The minimum atomic E-state index is -0.913. The third-order valence-corrected chi connectivity index (χ3v) is 3.21. The lowest BCUT2D eigenvalue weighted by atomic mass is 9.98. The van der Waals surface area contributed by atoms with Crippen LogP contribution in [0.4, 0.5) is 5.69 Å². The van der Waals surface area contributed by atoms with E-state index in [9.17, 15) is 20.0 Å². The number of rotatable bonds is 7. The Bertz CT molecular complexity index is 488. The lowest BCUT2D eigenvalue weighted by molar-refractivity contribution is -0.384. The van der Waals surface area contributed by atoms with Crippen LogP contribution in [0.15, 0.2) is 24.3 Å². The van der Waals surface area contributed by atoms with Crippen molar-refractivity contribution in [1.82, 2.24) is 5.32 Å². The largest absolute Gasteiger partial charge is 0.480 e. The number of carboxylic acid groups (broad SMARTS) is 1. The van der Waals surface area contributed by atoms with Crippen molar-refractivity contribution in [3.05, 3.63) is 39.9 Å². The number of nitrogens with one attached hydrogen (secondary N) is 1. The number of aliphatic carboxylic acids is 1. The number of nitrogens with zero attached hydrogens (tertiary/aromatic N) is 1. The maximum Gasteiger partial charge on any atom is 0.320 e. The number of hydrogen-bond acceptors (Lipinski definition) is 4. The number of carbonyl (C=O) groups is 1. The minimum Gasteiger partial charge on any atom is -0.480 e. The van der Waals surface area contributed by atoms with E-state index in [2.05, 4.69) is 5.32 Å². The van der Waals surface area contributed by atoms with Gasteiger partial charge >= 0.3 is 5.97 Å². The second-order valence-corrected chi connectivity index (χ2v) is 5.04. The summed E-state index contributed by atoms with van der Waals surface area (Å²) in [7, 11) is 0. The smallest absolute Gasteiger partial charge is 0.320 e. The molecule has 0 aliphatic rings. The molecule has 0 heterocycles. The molecule has 1 rings (SSSR count). The molecule has 0 aromatic heterocycles. The molecular weight excluding hydrogens is 260 g/mol. The second kappa shape index (κ2) is 7.00. The number of nitro benzene ring substituents is 1. The molecule has 0 saturated carbocycles. The van der Waals surface area contributed by atoms with Crippen molar-refractivity contribution < 1.29 is 14.8 Å². The van der Waals surface area contributed by atoms with Crippen molar-refractivity contribution in [2.24, 2.45) is 5.92 Å². The van der Waals surface area contributed by atoms with E-state index in [0.29, 0.717) is 6.42 Å².